The first-order chi connectivity index (χ1) is 14.9. The molecule has 1 aromatic heterocycles. The van der Waals surface area contributed by atoms with Crippen molar-refractivity contribution in [1.29, 1.82) is 0 Å². The van der Waals surface area contributed by atoms with Gasteiger partial charge in [-0.3, -0.25) is 14.4 Å². The number of benzene rings is 1. The highest BCUT2D eigenvalue weighted by Gasteiger charge is 2.48. The van der Waals surface area contributed by atoms with E-state index in [1.807, 2.05) is 56.3 Å². The molecule has 31 heavy (non-hydrogen) atoms. The van der Waals surface area contributed by atoms with Crippen LogP contribution in [0.5, 0.6) is 0 Å². The van der Waals surface area contributed by atoms with E-state index in [-0.39, 0.29) is 23.7 Å². The Morgan fingerprint density at radius 3 is 2.26 bits per heavy atom. The molecule has 162 valence electrons. The largest absolute Gasteiger partial charge is 0.481 e. The number of amides is 2. The van der Waals surface area contributed by atoms with Gasteiger partial charge in [0, 0.05) is 10.6 Å². The van der Waals surface area contributed by atoms with Crippen molar-refractivity contribution >= 4 is 39.8 Å². The van der Waals surface area contributed by atoms with Crippen molar-refractivity contribution in [1.82, 2.24) is 0 Å². The van der Waals surface area contributed by atoms with Crippen LogP contribution < -0.4 is 10.6 Å². The molecule has 0 saturated heterocycles. The maximum absolute atomic E-state index is 13.3. The molecule has 4 atom stereocenters. The number of carboxylic acids is 1. The molecule has 7 heteroatoms. The van der Waals surface area contributed by atoms with Gasteiger partial charge < -0.3 is 15.7 Å². The molecule has 1 fully saturated rings. The van der Waals surface area contributed by atoms with Gasteiger partial charge in [-0.1, -0.05) is 37.3 Å². The Morgan fingerprint density at radius 1 is 1.03 bits per heavy atom. The molecule has 0 aliphatic heterocycles. The van der Waals surface area contributed by atoms with Crippen LogP contribution >= 0.6 is 11.3 Å². The number of carboxylic acid groups (broad SMARTS) is 1. The Hall–Kier alpha value is -2.93. The average Bonchev–Trinajstić information content (AvgIpc) is 3.09. The highest BCUT2D eigenvalue weighted by Crippen LogP contribution is 2.46. The normalized spacial score (nSPS) is 24.1. The van der Waals surface area contributed by atoms with Gasteiger partial charge in [0.1, 0.15) is 5.00 Å². The van der Waals surface area contributed by atoms with E-state index in [1.165, 1.54) is 11.3 Å². The molecule has 1 aromatic carbocycles. The number of allylic oxidation sites excluding steroid dienone is 2. The smallest absolute Gasteiger partial charge is 0.307 e. The van der Waals surface area contributed by atoms with E-state index in [2.05, 4.69) is 10.6 Å². The monoisotopic (exact) mass is 438 g/mol. The Kier molecular flexibility index (Phi) is 5.96. The van der Waals surface area contributed by atoms with Crippen molar-refractivity contribution < 1.29 is 19.5 Å². The number of nitrogens with one attached hydrogen (secondary N) is 2. The summed E-state index contributed by atoms with van der Waals surface area (Å²) in [5.74, 6) is -3.07. The zero-order chi connectivity index (χ0) is 22.1. The number of fused-ring (bicyclic) bond motifs is 2. The van der Waals surface area contributed by atoms with Gasteiger partial charge in [0.05, 0.1) is 17.4 Å². The zero-order valence-electron chi connectivity index (χ0n) is 17.6. The van der Waals surface area contributed by atoms with Gasteiger partial charge >= 0.3 is 5.97 Å². The van der Waals surface area contributed by atoms with Crippen molar-refractivity contribution in [3.05, 3.63) is 58.5 Å². The molecule has 5 rings (SSSR count). The molecule has 3 aliphatic carbocycles. The quantitative estimate of drug-likeness (QED) is 0.569. The van der Waals surface area contributed by atoms with E-state index < -0.39 is 17.8 Å². The van der Waals surface area contributed by atoms with Crippen LogP contribution in [0.4, 0.5) is 10.7 Å². The van der Waals surface area contributed by atoms with Crippen LogP contribution in [0.3, 0.4) is 0 Å². The van der Waals surface area contributed by atoms with Gasteiger partial charge in [-0.15, -0.1) is 11.3 Å². The van der Waals surface area contributed by atoms with E-state index in [4.69, 9.17) is 0 Å². The van der Waals surface area contributed by atoms with Gasteiger partial charge in [0.25, 0.3) is 5.91 Å². The molecule has 2 bridgehead atoms. The van der Waals surface area contributed by atoms with Crippen molar-refractivity contribution in [2.45, 2.75) is 33.1 Å². The number of carbonyl (C=O) groups excluding carboxylic acids is 2. The summed E-state index contributed by atoms with van der Waals surface area (Å²) in [4.78, 5) is 39.3. The summed E-state index contributed by atoms with van der Waals surface area (Å²) in [6.45, 7) is 3.91. The molecule has 1 saturated carbocycles. The first-order valence-electron chi connectivity index (χ1n) is 10.6. The maximum Gasteiger partial charge on any atom is 0.307 e. The number of carbonyl (C=O) groups is 3. The summed E-state index contributed by atoms with van der Waals surface area (Å²) in [6.07, 6.45) is 6.20. The van der Waals surface area contributed by atoms with Crippen LogP contribution in [0, 0.1) is 30.6 Å². The van der Waals surface area contributed by atoms with Gasteiger partial charge in [-0.25, -0.2) is 0 Å². The molecule has 2 amide bonds. The minimum Gasteiger partial charge on any atom is -0.481 e. The van der Waals surface area contributed by atoms with E-state index in [0.29, 0.717) is 22.7 Å². The minimum absolute atomic E-state index is 0.0839. The summed E-state index contributed by atoms with van der Waals surface area (Å²) in [7, 11) is 0. The van der Waals surface area contributed by atoms with Crippen molar-refractivity contribution in [2.24, 2.45) is 23.7 Å². The first-order valence-corrected chi connectivity index (χ1v) is 11.4. The third-order valence-corrected chi connectivity index (χ3v) is 7.46. The number of anilines is 2. The Balaban J connectivity index is 1.62. The fraction of sp³-hybridized carbons (Fsp3) is 0.375. The highest BCUT2D eigenvalue weighted by atomic mass is 32.1. The second-order valence-electron chi connectivity index (χ2n) is 8.18. The molecular formula is C24H26N2O4S. The molecule has 0 spiro atoms. The van der Waals surface area contributed by atoms with Crippen LogP contribution in [-0.2, 0) is 16.0 Å². The Bertz CT molecular complexity index is 1040. The van der Waals surface area contributed by atoms with Gasteiger partial charge in [0.15, 0.2) is 0 Å². The molecule has 1 heterocycles. The van der Waals surface area contributed by atoms with E-state index in [9.17, 15) is 19.5 Å². The molecular weight excluding hydrogens is 412 g/mol. The number of rotatable bonds is 6. The van der Waals surface area contributed by atoms with E-state index >= 15 is 0 Å². The molecule has 0 radical (unpaired) electrons. The van der Waals surface area contributed by atoms with Gasteiger partial charge in [-0.2, -0.15) is 0 Å². The number of aryl methyl sites for hydroxylation is 1. The Morgan fingerprint density at radius 2 is 1.68 bits per heavy atom. The number of hydrogen-bond acceptors (Lipinski definition) is 4. The predicted molar refractivity (Wildman–Crippen MR) is 121 cm³/mol. The third kappa shape index (κ3) is 4.02. The van der Waals surface area contributed by atoms with Gasteiger partial charge in [0.2, 0.25) is 5.91 Å². The standard InChI is InChI=1S/C24H26N2O4S/c1-3-17-13(2)31-23(20(17)22(28)25-16-7-5-4-6-8-16)26-21(27)18-14-9-11-15(12-10-14)19(18)24(29)30/h4-9,11,14-15,18-19H,3,10,12H2,1-2H3,(H,25,28)(H,26,27)(H,29,30)/t14-,15-,18+,19+/m0/s1. The predicted octanol–water partition coefficient (Wildman–Crippen LogP) is 4.72. The van der Waals surface area contributed by atoms with E-state index in [1.54, 1.807) is 0 Å². The lowest BCUT2D eigenvalue weighted by atomic mass is 9.62. The van der Waals surface area contributed by atoms with Crippen LogP contribution in [0.1, 0.15) is 40.6 Å². The number of thiophene rings is 1. The summed E-state index contributed by atoms with van der Waals surface area (Å²) < 4.78 is 0. The van der Waals surface area contributed by atoms with Crippen LogP contribution in [0.2, 0.25) is 0 Å². The fourth-order valence-corrected chi connectivity index (χ4v) is 6.08. The molecule has 0 unspecified atom stereocenters. The SMILES string of the molecule is CCc1c(C)sc(NC(=O)[C@H]2[C@H](C(=O)O)[C@H]3C=C[C@H]2CC3)c1C(=O)Nc1ccccc1. The zero-order valence-corrected chi connectivity index (χ0v) is 18.4. The average molecular weight is 439 g/mol. The molecule has 2 aromatic rings. The Labute approximate surface area is 185 Å². The summed E-state index contributed by atoms with van der Waals surface area (Å²) in [6, 6.07) is 9.18. The minimum atomic E-state index is -0.933. The lowest BCUT2D eigenvalue weighted by molar-refractivity contribution is -0.151. The summed E-state index contributed by atoms with van der Waals surface area (Å²) in [5, 5.41) is 16.1. The number of para-hydroxylation sites is 1. The van der Waals surface area contributed by atoms with Crippen LogP contribution in [-0.4, -0.2) is 22.9 Å². The topological polar surface area (TPSA) is 95.5 Å². The fourth-order valence-electron chi connectivity index (χ4n) is 4.93. The summed E-state index contributed by atoms with van der Waals surface area (Å²) in [5.41, 5.74) is 2.04. The first kappa shape index (κ1) is 21.3. The van der Waals surface area contributed by atoms with Crippen molar-refractivity contribution in [2.75, 3.05) is 10.6 Å². The third-order valence-electron chi connectivity index (χ3n) is 6.39. The van der Waals surface area contributed by atoms with Crippen molar-refractivity contribution in [3.8, 4) is 0 Å². The van der Waals surface area contributed by atoms with Crippen LogP contribution in [0.15, 0.2) is 42.5 Å². The van der Waals surface area contributed by atoms with E-state index in [0.717, 1.165) is 23.3 Å². The number of hydrogen-bond donors (Lipinski definition) is 3. The second kappa shape index (κ2) is 8.67. The lowest BCUT2D eigenvalue weighted by Gasteiger charge is -2.41. The molecule has 3 N–H and O–H groups in total. The molecule has 3 aliphatic rings. The second-order valence-corrected chi connectivity index (χ2v) is 9.41. The van der Waals surface area contributed by atoms with Crippen LogP contribution in [0.25, 0.3) is 0 Å². The summed E-state index contributed by atoms with van der Waals surface area (Å²) >= 11 is 1.37. The highest BCUT2D eigenvalue weighted by molar-refractivity contribution is 7.16. The van der Waals surface area contributed by atoms with Crippen molar-refractivity contribution in [3.63, 3.8) is 0 Å². The molecule has 6 nitrogen and oxygen atoms in total. The lowest BCUT2D eigenvalue weighted by Crippen LogP contribution is -2.47. The maximum atomic E-state index is 13.3. The van der Waals surface area contributed by atoms with Gasteiger partial charge in [-0.05, 0) is 55.7 Å². The number of aliphatic carboxylic acids is 1.